The van der Waals surface area contributed by atoms with Gasteiger partial charge in [0.15, 0.2) is 0 Å². The molecule has 0 spiro atoms. The van der Waals surface area contributed by atoms with Crippen LogP contribution in [0, 0.1) is 30.3 Å². The number of carbonyl (C=O) groups is 1. The Morgan fingerprint density at radius 3 is 1.71 bits per heavy atom. The minimum absolute atomic E-state index is 0.0133. The van der Waals surface area contributed by atoms with E-state index in [2.05, 4.69) is 0 Å². The molecule has 122 valence electrons. The molecule has 0 amide bonds. The molecule has 0 fully saturated rings. The van der Waals surface area contributed by atoms with Crippen molar-refractivity contribution in [3.63, 3.8) is 0 Å². The average Bonchev–Trinajstić information content (AvgIpc) is 2.54. The van der Waals surface area contributed by atoms with Gasteiger partial charge in [0, 0.05) is 5.56 Å². The molecule has 0 aromatic heterocycles. The van der Waals surface area contributed by atoms with Crippen molar-refractivity contribution < 1.29 is 24.3 Å². The van der Waals surface area contributed by atoms with E-state index in [0.29, 0.717) is 24.0 Å². The molecule has 2 aromatic carbocycles. The third-order valence-electron chi connectivity index (χ3n) is 2.87. The molecular formula is C13H7N3O8. The Hall–Kier alpha value is -3.89. The van der Waals surface area contributed by atoms with Crippen molar-refractivity contribution in [3.8, 4) is 11.5 Å². The standard InChI is InChI=1S/C13H7N3O8/c17-7-8-1-3-10(4-2-8)24-13-11(15(20)21)5-9(14(18)19)6-12(13)16(22)23/h1-7H. The van der Waals surface area contributed by atoms with Gasteiger partial charge in [-0.15, -0.1) is 0 Å². The van der Waals surface area contributed by atoms with E-state index in [9.17, 15) is 35.1 Å². The molecule has 0 saturated carbocycles. The molecule has 0 aliphatic rings. The Labute approximate surface area is 132 Å². The molecule has 0 N–H and O–H groups in total. The zero-order valence-electron chi connectivity index (χ0n) is 11.6. The van der Waals surface area contributed by atoms with Crippen molar-refractivity contribution in [2.45, 2.75) is 0 Å². The van der Waals surface area contributed by atoms with E-state index in [4.69, 9.17) is 4.74 Å². The SMILES string of the molecule is O=Cc1ccc(Oc2c([N+](=O)[O-])cc([N+](=O)[O-])cc2[N+](=O)[O-])cc1. The summed E-state index contributed by atoms with van der Waals surface area (Å²) in [4.78, 5) is 40.5. The number of aldehydes is 1. The molecule has 0 aliphatic carbocycles. The van der Waals surface area contributed by atoms with Gasteiger partial charge in [-0.05, 0) is 24.3 Å². The fourth-order valence-corrected chi connectivity index (χ4v) is 1.80. The van der Waals surface area contributed by atoms with Gasteiger partial charge < -0.3 is 4.74 Å². The lowest BCUT2D eigenvalue weighted by Gasteiger charge is -2.07. The lowest BCUT2D eigenvalue weighted by Crippen LogP contribution is -2.01. The van der Waals surface area contributed by atoms with Crippen LogP contribution < -0.4 is 4.74 Å². The highest BCUT2D eigenvalue weighted by molar-refractivity contribution is 5.75. The number of hydrogen-bond donors (Lipinski definition) is 0. The Bertz CT molecular complexity index is 812. The molecule has 24 heavy (non-hydrogen) atoms. The average molecular weight is 333 g/mol. The normalized spacial score (nSPS) is 10.0. The van der Waals surface area contributed by atoms with E-state index < -0.39 is 37.6 Å². The van der Waals surface area contributed by atoms with Crippen molar-refractivity contribution in [2.24, 2.45) is 0 Å². The van der Waals surface area contributed by atoms with Crippen molar-refractivity contribution in [1.82, 2.24) is 0 Å². The number of nitro groups is 3. The summed E-state index contributed by atoms with van der Waals surface area (Å²) in [6, 6.07) is 6.37. The minimum Gasteiger partial charge on any atom is -0.444 e. The molecule has 11 nitrogen and oxygen atoms in total. The van der Waals surface area contributed by atoms with Gasteiger partial charge in [0.25, 0.3) is 11.4 Å². The molecule has 0 heterocycles. The molecule has 2 aromatic rings. The third-order valence-corrected chi connectivity index (χ3v) is 2.87. The lowest BCUT2D eigenvalue weighted by atomic mass is 10.2. The van der Waals surface area contributed by atoms with Crippen LogP contribution in [0.5, 0.6) is 11.5 Å². The molecule has 0 saturated heterocycles. The maximum absolute atomic E-state index is 11.1. The van der Waals surface area contributed by atoms with E-state index in [1.807, 2.05) is 0 Å². The van der Waals surface area contributed by atoms with Crippen LogP contribution in [0.1, 0.15) is 10.4 Å². The van der Waals surface area contributed by atoms with Gasteiger partial charge in [-0.2, -0.15) is 0 Å². The fraction of sp³-hybridized carbons (Fsp3) is 0. The number of nitro benzene ring substituents is 3. The van der Waals surface area contributed by atoms with Gasteiger partial charge in [-0.25, -0.2) is 0 Å². The monoisotopic (exact) mass is 333 g/mol. The van der Waals surface area contributed by atoms with Crippen LogP contribution in [0.4, 0.5) is 17.1 Å². The molecule has 2 rings (SSSR count). The second-order valence-electron chi connectivity index (χ2n) is 4.37. The maximum Gasteiger partial charge on any atom is 0.325 e. The molecule has 0 aliphatic heterocycles. The van der Waals surface area contributed by atoms with Gasteiger partial charge >= 0.3 is 11.4 Å². The third kappa shape index (κ3) is 3.30. The van der Waals surface area contributed by atoms with E-state index in [-0.39, 0.29) is 5.75 Å². The first kappa shape index (κ1) is 16.5. The Morgan fingerprint density at radius 2 is 1.33 bits per heavy atom. The number of rotatable bonds is 6. The minimum atomic E-state index is -1.02. The molecular weight excluding hydrogens is 326 g/mol. The van der Waals surface area contributed by atoms with Gasteiger partial charge in [-0.3, -0.25) is 35.1 Å². The van der Waals surface area contributed by atoms with Gasteiger partial charge in [0.1, 0.15) is 12.0 Å². The highest BCUT2D eigenvalue weighted by Crippen LogP contribution is 2.42. The first-order valence-electron chi connectivity index (χ1n) is 6.17. The highest BCUT2D eigenvalue weighted by Gasteiger charge is 2.32. The van der Waals surface area contributed by atoms with Crippen molar-refractivity contribution in [3.05, 3.63) is 72.3 Å². The first-order chi connectivity index (χ1) is 11.3. The Morgan fingerprint density at radius 1 is 0.833 bits per heavy atom. The Balaban J connectivity index is 2.60. The topological polar surface area (TPSA) is 156 Å². The van der Waals surface area contributed by atoms with E-state index >= 15 is 0 Å². The summed E-state index contributed by atoms with van der Waals surface area (Å²) < 4.78 is 5.18. The zero-order chi connectivity index (χ0) is 17.9. The van der Waals surface area contributed by atoms with Crippen molar-refractivity contribution in [1.29, 1.82) is 0 Å². The number of ether oxygens (including phenoxy) is 1. The summed E-state index contributed by atoms with van der Waals surface area (Å²) in [6.07, 6.45) is 0.556. The Kier molecular flexibility index (Phi) is 4.45. The summed E-state index contributed by atoms with van der Waals surface area (Å²) in [6.45, 7) is 0. The molecule has 0 unspecified atom stereocenters. The molecule has 0 bridgehead atoms. The fourth-order valence-electron chi connectivity index (χ4n) is 1.80. The number of nitrogens with zero attached hydrogens (tertiary/aromatic N) is 3. The predicted octanol–water partition coefficient (Wildman–Crippen LogP) is 3.02. The van der Waals surface area contributed by atoms with Crippen molar-refractivity contribution >= 4 is 23.3 Å². The lowest BCUT2D eigenvalue weighted by molar-refractivity contribution is -0.404. The predicted molar refractivity (Wildman–Crippen MR) is 78.3 cm³/mol. The van der Waals surface area contributed by atoms with Gasteiger partial charge in [0.2, 0.25) is 0 Å². The molecule has 0 radical (unpaired) electrons. The van der Waals surface area contributed by atoms with Crippen LogP contribution in [0.3, 0.4) is 0 Å². The number of non-ortho nitro benzene ring substituents is 1. The molecule has 11 heteroatoms. The van der Waals surface area contributed by atoms with Crippen LogP contribution in [-0.2, 0) is 0 Å². The summed E-state index contributed by atoms with van der Waals surface area (Å²) in [5, 5.41) is 33.0. The van der Waals surface area contributed by atoms with Crippen LogP contribution in [0.25, 0.3) is 0 Å². The summed E-state index contributed by atoms with van der Waals surface area (Å²) in [7, 11) is 0. The second kappa shape index (κ2) is 6.48. The van der Waals surface area contributed by atoms with Crippen LogP contribution in [0.2, 0.25) is 0 Å². The van der Waals surface area contributed by atoms with Crippen LogP contribution in [-0.4, -0.2) is 21.1 Å². The maximum atomic E-state index is 11.1. The van der Waals surface area contributed by atoms with E-state index in [0.717, 1.165) is 0 Å². The number of carbonyl (C=O) groups excluding carboxylic acids is 1. The highest BCUT2D eigenvalue weighted by atomic mass is 16.6. The molecule has 0 atom stereocenters. The van der Waals surface area contributed by atoms with E-state index in [1.54, 1.807) is 0 Å². The largest absolute Gasteiger partial charge is 0.444 e. The summed E-state index contributed by atoms with van der Waals surface area (Å²) in [5.41, 5.74) is -2.35. The summed E-state index contributed by atoms with van der Waals surface area (Å²) in [5.74, 6) is -0.755. The van der Waals surface area contributed by atoms with E-state index in [1.165, 1.54) is 24.3 Å². The second-order valence-corrected chi connectivity index (χ2v) is 4.37. The van der Waals surface area contributed by atoms with Crippen LogP contribution >= 0.6 is 0 Å². The van der Waals surface area contributed by atoms with Crippen molar-refractivity contribution in [2.75, 3.05) is 0 Å². The quantitative estimate of drug-likeness (QED) is 0.443. The zero-order valence-corrected chi connectivity index (χ0v) is 11.6. The number of benzene rings is 2. The summed E-state index contributed by atoms with van der Waals surface area (Å²) >= 11 is 0. The van der Waals surface area contributed by atoms with Gasteiger partial charge in [-0.1, -0.05) is 0 Å². The van der Waals surface area contributed by atoms with Gasteiger partial charge in [0.05, 0.1) is 26.9 Å². The number of hydrogen-bond acceptors (Lipinski definition) is 8. The smallest absolute Gasteiger partial charge is 0.325 e. The van der Waals surface area contributed by atoms with Crippen LogP contribution in [0.15, 0.2) is 36.4 Å². The first-order valence-corrected chi connectivity index (χ1v) is 6.17.